The number of hydrogen-bond acceptors (Lipinski definition) is 5. The third kappa shape index (κ3) is 4.11. The van der Waals surface area contributed by atoms with Crippen molar-refractivity contribution in [2.75, 3.05) is 19.7 Å². The van der Waals surface area contributed by atoms with Crippen LogP contribution in [0.5, 0.6) is 0 Å². The van der Waals surface area contributed by atoms with Crippen LogP contribution in [0.2, 0.25) is 0 Å². The number of rotatable bonds is 7. The number of ether oxygens (including phenoxy) is 1. The summed E-state index contributed by atoms with van der Waals surface area (Å²) < 4.78 is 6.66. The summed E-state index contributed by atoms with van der Waals surface area (Å²) in [6, 6.07) is 20.9. The van der Waals surface area contributed by atoms with E-state index >= 15 is 0 Å². The number of nitrogens with zero attached hydrogens (tertiary/aromatic N) is 2. The molecular formula is C26H30N2O3. The minimum atomic E-state index is -0.640. The molecular weight excluding hydrogens is 388 g/mol. The molecule has 3 aliphatic heterocycles. The van der Waals surface area contributed by atoms with Crippen molar-refractivity contribution in [3.63, 3.8) is 0 Å². The summed E-state index contributed by atoms with van der Waals surface area (Å²) in [5, 5.41) is 21.0. The van der Waals surface area contributed by atoms with Crippen molar-refractivity contribution in [1.29, 1.82) is 0 Å². The Hall–Kier alpha value is -2.31. The first kappa shape index (κ1) is 20.6. The van der Waals surface area contributed by atoms with E-state index in [-0.39, 0.29) is 24.7 Å². The lowest BCUT2D eigenvalue weighted by molar-refractivity contribution is -0.115. The van der Waals surface area contributed by atoms with Gasteiger partial charge in [0.1, 0.15) is 0 Å². The predicted molar refractivity (Wildman–Crippen MR) is 120 cm³/mol. The molecule has 6 atom stereocenters. The standard InChI is InChI=1S/C26H30N2O3/c29-16-25(30)22-15-28-13-11-19(22)14-24(28)26(31-17-18-6-2-1-3-7-18)21-10-12-27-23-9-5-4-8-20(21)23/h1-10,12,19,22,24-26,29-30H,11,13-17H2/t19-,22-,24+,25?,26-/m0/s1. The Bertz CT molecular complexity index is 1010. The number of aliphatic hydroxyl groups is 2. The smallest absolute Gasteiger partial charge is 0.0991 e. The first-order valence-electron chi connectivity index (χ1n) is 11.3. The van der Waals surface area contributed by atoms with Crippen LogP contribution >= 0.6 is 0 Å². The SMILES string of the molecule is OCC(O)[C@H]1CN2CC[C@H]1C[C@@H]2[C@@H](OCc1ccccc1)c1ccnc2ccccc12. The molecule has 4 heterocycles. The molecule has 5 heteroatoms. The summed E-state index contributed by atoms with van der Waals surface area (Å²) in [4.78, 5) is 7.02. The molecule has 2 N–H and O–H groups in total. The normalized spacial score (nSPS) is 27.3. The molecule has 162 valence electrons. The number of hydrogen-bond donors (Lipinski definition) is 2. The first-order chi connectivity index (χ1) is 15.2. The highest BCUT2D eigenvalue weighted by atomic mass is 16.5. The Morgan fingerprint density at radius 2 is 1.87 bits per heavy atom. The van der Waals surface area contributed by atoms with Crippen molar-refractivity contribution in [1.82, 2.24) is 9.88 Å². The molecule has 1 aromatic heterocycles. The lowest BCUT2D eigenvalue weighted by atomic mass is 9.71. The number of aromatic nitrogens is 1. The highest BCUT2D eigenvalue weighted by molar-refractivity contribution is 5.82. The third-order valence-electron chi connectivity index (χ3n) is 7.14. The zero-order chi connectivity index (χ0) is 21.2. The molecule has 0 saturated carbocycles. The van der Waals surface area contributed by atoms with Gasteiger partial charge < -0.3 is 14.9 Å². The third-order valence-corrected chi connectivity index (χ3v) is 7.14. The highest BCUT2D eigenvalue weighted by Gasteiger charge is 2.46. The minimum Gasteiger partial charge on any atom is -0.394 e. The molecule has 2 unspecified atom stereocenters. The summed E-state index contributed by atoms with van der Waals surface area (Å²) in [6.07, 6.45) is 3.20. The van der Waals surface area contributed by atoms with Crippen LogP contribution in [0.25, 0.3) is 10.9 Å². The van der Waals surface area contributed by atoms with Crippen LogP contribution in [-0.4, -0.2) is 51.9 Å². The number of benzene rings is 2. The maximum Gasteiger partial charge on any atom is 0.0991 e. The summed E-state index contributed by atoms with van der Waals surface area (Å²) >= 11 is 0. The fourth-order valence-corrected chi connectivity index (χ4v) is 5.53. The van der Waals surface area contributed by atoms with Crippen LogP contribution in [0.15, 0.2) is 66.9 Å². The second-order valence-corrected chi connectivity index (χ2v) is 8.90. The number of para-hydroxylation sites is 1. The number of pyridine rings is 1. The van der Waals surface area contributed by atoms with Crippen LogP contribution in [0, 0.1) is 11.8 Å². The van der Waals surface area contributed by atoms with Crippen LogP contribution in [0.3, 0.4) is 0 Å². The lowest BCUT2D eigenvalue weighted by Crippen LogP contribution is -2.58. The van der Waals surface area contributed by atoms with Gasteiger partial charge in [-0.2, -0.15) is 0 Å². The van der Waals surface area contributed by atoms with Crippen LogP contribution in [0.1, 0.15) is 30.1 Å². The molecule has 3 saturated heterocycles. The Morgan fingerprint density at radius 3 is 2.65 bits per heavy atom. The Labute approximate surface area is 183 Å². The predicted octanol–water partition coefficient (Wildman–Crippen LogP) is 3.56. The van der Waals surface area contributed by atoms with E-state index in [1.165, 1.54) is 5.56 Å². The number of piperidine rings is 3. The van der Waals surface area contributed by atoms with Crippen LogP contribution in [0.4, 0.5) is 0 Å². The van der Waals surface area contributed by atoms with E-state index in [0.29, 0.717) is 12.5 Å². The molecule has 3 aromatic rings. The van der Waals surface area contributed by atoms with Gasteiger partial charge in [0.05, 0.1) is 30.9 Å². The summed E-state index contributed by atoms with van der Waals surface area (Å²) in [7, 11) is 0. The minimum absolute atomic E-state index is 0.0804. The molecule has 5 nitrogen and oxygen atoms in total. The monoisotopic (exact) mass is 418 g/mol. The van der Waals surface area contributed by atoms with Gasteiger partial charge in [0, 0.05) is 30.1 Å². The molecule has 0 radical (unpaired) electrons. The summed E-state index contributed by atoms with van der Waals surface area (Å²) in [5.41, 5.74) is 3.33. The van der Waals surface area contributed by atoms with Gasteiger partial charge in [-0.05, 0) is 48.6 Å². The van der Waals surface area contributed by atoms with Crippen molar-refractivity contribution >= 4 is 10.9 Å². The van der Waals surface area contributed by atoms with Gasteiger partial charge in [0.25, 0.3) is 0 Å². The average molecular weight is 419 g/mol. The van der Waals surface area contributed by atoms with E-state index in [1.807, 2.05) is 36.5 Å². The topological polar surface area (TPSA) is 65.8 Å². The van der Waals surface area contributed by atoms with Gasteiger partial charge in [-0.15, -0.1) is 0 Å². The van der Waals surface area contributed by atoms with Crippen molar-refractivity contribution in [3.05, 3.63) is 78.0 Å². The lowest BCUT2D eigenvalue weighted by Gasteiger charge is -2.53. The molecule has 3 aliphatic rings. The van der Waals surface area contributed by atoms with Crippen molar-refractivity contribution in [2.45, 2.75) is 37.7 Å². The van der Waals surface area contributed by atoms with E-state index in [0.717, 1.165) is 42.4 Å². The first-order valence-corrected chi connectivity index (χ1v) is 11.3. The van der Waals surface area contributed by atoms with E-state index in [2.05, 4.69) is 40.2 Å². The number of aliphatic hydroxyl groups excluding tert-OH is 2. The molecule has 0 aliphatic carbocycles. The average Bonchev–Trinajstić information content (AvgIpc) is 2.85. The van der Waals surface area contributed by atoms with E-state index < -0.39 is 6.10 Å². The molecule has 0 amide bonds. The zero-order valence-corrected chi connectivity index (χ0v) is 17.7. The fourth-order valence-electron chi connectivity index (χ4n) is 5.53. The molecule has 3 fully saturated rings. The van der Waals surface area contributed by atoms with Crippen molar-refractivity contribution in [3.8, 4) is 0 Å². The second kappa shape index (κ2) is 9.05. The Morgan fingerprint density at radius 1 is 1.06 bits per heavy atom. The Balaban J connectivity index is 1.47. The molecule has 0 spiro atoms. The van der Waals surface area contributed by atoms with Crippen LogP contribution in [-0.2, 0) is 11.3 Å². The maximum absolute atomic E-state index is 10.3. The van der Waals surface area contributed by atoms with Gasteiger partial charge in [-0.1, -0.05) is 48.5 Å². The van der Waals surface area contributed by atoms with Crippen LogP contribution < -0.4 is 0 Å². The van der Waals surface area contributed by atoms with Gasteiger partial charge in [0.15, 0.2) is 0 Å². The zero-order valence-electron chi connectivity index (χ0n) is 17.7. The second-order valence-electron chi connectivity index (χ2n) is 8.90. The largest absolute Gasteiger partial charge is 0.394 e. The van der Waals surface area contributed by atoms with Crippen molar-refractivity contribution < 1.29 is 14.9 Å². The molecule has 2 bridgehead atoms. The fraction of sp³-hybridized carbons (Fsp3) is 0.423. The highest BCUT2D eigenvalue weighted by Crippen LogP contribution is 2.44. The van der Waals surface area contributed by atoms with E-state index in [4.69, 9.17) is 4.74 Å². The summed E-state index contributed by atoms with van der Waals surface area (Å²) in [5.74, 6) is 0.548. The van der Waals surface area contributed by atoms with Gasteiger partial charge in [0.2, 0.25) is 0 Å². The van der Waals surface area contributed by atoms with Gasteiger partial charge in [-0.25, -0.2) is 0 Å². The number of fused-ring (bicyclic) bond motifs is 4. The van der Waals surface area contributed by atoms with Gasteiger partial charge in [-0.3, -0.25) is 9.88 Å². The summed E-state index contributed by atoms with van der Waals surface area (Å²) in [6.45, 7) is 2.21. The maximum atomic E-state index is 10.3. The van der Waals surface area contributed by atoms with Gasteiger partial charge >= 0.3 is 0 Å². The van der Waals surface area contributed by atoms with Crippen molar-refractivity contribution in [2.24, 2.45) is 11.8 Å². The molecule has 6 rings (SSSR count). The molecule has 2 aromatic carbocycles. The van der Waals surface area contributed by atoms with E-state index in [9.17, 15) is 10.2 Å². The Kier molecular flexibility index (Phi) is 6.01. The van der Waals surface area contributed by atoms with E-state index in [1.54, 1.807) is 0 Å². The molecule has 31 heavy (non-hydrogen) atoms. The quantitative estimate of drug-likeness (QED) is 0.614.